The highest BCUT2D eigenvalue weighted by molar-refractivity contribution is 6.38. The normalized spacial score (nSPS) is 20.0. The van der Waals surface area contributed by atoms with Crippen LogP contribution in [0.5, 0.6) is 0 Å². The number of morpholine rings is 1. The molecule has 9 heteroatoms. The third kappa shape index (κ3) is 6.69. The number of nitrogens with one attached hydrogen (secondary N) is 3. The molecule has 0 spiro atoms. The van der Waals surface area contributed by atoms with E-state index >= 15 is 0 Å². The molecule has 37 heavy (non-hydrogen) atoms. The van der Waals surface area contributed by atoms with Crippen LogP contribution in [0.1, 0.15) is 69.4 Å². The zero-order chi connectivity index (χ0) is 26.3. The smallest absolute Gasteiger partial charge is 0.318 e. The van der Waals surface area contributed by atoms with Gasteiger partial charge in [0.1, 0.15) is 5.54 Å². The van der Waals surface area contributed by atoms with Gasteiger partial charge in [-0.15, -0.1) is 0 Å². The number of fused-ring (bicyclic) bond motifs is 1. The molecule has 9 nitrogen and oxygen atoms in total. The Morgan fingerprint density at radius 1 is 1.03 bits per heavy atom. The lowest BCUT2D eigenvalue weighted by Gasteiger charge is -2.39. The molecule has 0 aromatic heterocycles. The molecule has 2 fully saturated rings. The number of carbonyl (C=O) groups excluding carboxylic acids is 4. The first-order valence-electron chi connectivity index (χ1n) is 13.8. The molecule has 3 N–H and O–H groups in total. The van der Waals surface area contributed by atoms with Gasteiger partial charge >= 0.3 is 6.03 Å². The number of benzene rings is 1. The minimum atomic E-state index is -1.08. The van der Waals surface area contributed by atoms with Gasteiger partial charge in [-0.1, -0.05) is 63.3 Å². The molecule has 4 amide bonds. The summed E-state index contributed by atoms with van der Waals surface area (Å²) < 4.78 is 5.34. The molecule has 0 bridgehead atoms. The summed E-state index contributed by atoms with van der Waals surface area (Å²) in [6, 6.07) is 6.71. The summed E-state index contributed by atoms with van der Waals surface area (Å²) in [6.07, 6.45) is 6.94. The van der Waals surface area contributed by atoms with Crippen molar-refractivity contribution < 1.29 is 23.9 Å². The summed E-state index contributed by atoms with van der Waals surface area (Å²) >= 11 is 0. The van der Waals surface area contributed by atoms with Crippen LogP contribution < -0.4 is 16.0 Å². The minimum absolute atomic E-state index is 0.131. The minimum Gasteiger partial charge on any atom is -0.378 e. The standard InChI is InChI=1S/C28H40N4O5/c1-2-3-11-23(24(33)25(34)29-22-18-20-9-5-6-10-21(20)19-22)30-26(35)28(12-7-4-8-13-28)31-27(36)32-14-16-37-17-15-32/h5-6,9-10,22-23H,2-4,7-8,11-19H2,1H3,(H,29,34)(H,30,35)(H,31,36). The van der Waals surface area contributed by atoms with Gasteiger partial charge in [-0.3, -0.25) is 14.4 Å². The zero-order valence-corrected chi connectivity index (χ0v) is 21.9. The number of amides is 4. The Kier molecular flexibility index (Phi) is 9.18. The molecular weight excluding hydrogens is 472 g/mol. The van der Waals surface area contributed by atoms with E-state index < -0.39 is 23.3 Å². The van der Waals surface area contributed by atoms with Gasteiger partial charge in [-0.25, -0.2) is 4.79 Å². The number of Topliss-reactive ketones (excluding diaryl/α,β-unsaturated/α-hetero) is 1. The Morgan fingerprint density at radius 2 is 1.68 bits per heavy atom. The molecule has 1 aromatic carbocycles. The quantitative estimate of drug-likeness (QED) is 0.439. The summed E-state index contributed by atoms with van der Waals surface area (Å²) in [5, 5.41) is 8.79. The van der Waals surface area contributed by atoms with Crippen molar-refractivity contribution in [3.63, 3.8) is 0 Å². The Bertz CT molecular complexity index is 960. The van der Waals surface area contributed by atoms with Crippen molar-refractivity contribution >= 4 is 23.6 Å². The first kappa shape index (κ1) is 27.1. The largest absolute Gasteiger partial charge is 0.378 e. The highest BCUT2D eigenvalue weighted by atomic mass is 16.5. The van der Waals surface area contributed by atoms with E-state index in [4.69, 9.17) is 4.74 Å². The second-order valence-corrected chi connectivity index (χ2v) is 10.6. The summed E-state index contributed by atoms with van der Waals surface area (Å²) in [7, 11) is 0. The van der Waals surface area contributed by atoms with Crippen molar-refractivity contribution in [3.8, 4) is 0 Å². The molecule has 1 aromatic rings. The fraction of sp³-hybridized carbons (Fsp3) is 0.643. The topological polar surface area (TPSA) is 117 Å². The predicted molar refractivity (Wildman–Crippen MR) is 139 cm³/mol. The van der Waals surface area contributed by atoms with E-state index in [1.165, 1.54) is 11.1 Å². The van der Waals surface area contributed by atoms with E-state index in [9.17, 15) is 19.2 Å². The van der Waals surface area contributed by atoms with E-state index in [2.05, 4.69) is 16.0 Å². The Hall–Kier alpha value is -2.94. The van der Waals surface area contributed by atoms with Crippen molar-refractivity contribution in [2.45, 2.75) is 88.8 Å². The van der Waals surface area contributed by atoms with Crippen molar-refractivity contribution in [2.24, 2.45) is 0 Å². The number of carbonyl (C=O) groups is 4. The number of unbranched alkanes of at least 4 members (excludes halogenated alkanes) is 1. The predicted octanol–water partition coefficient (Wildman–Crippen LogP) is 2.26. The van der Waals surface area contributed by atoms with Crippen molar-refractivity contribution in [1.82, 2.24) is 20.9 Å². The van der Waals surface area contributed by atoms with E-state index in [1.54, 1.807) is 4.90 Å². The highest BCUT2D eigenvalue weighted by Gasteiger charge is 2.43. The van der Waals surface area contributed by atoms with Crippen molar-refractivity contribution in [2.75, 3.05) is 26.3 Å². The van der Waals surface area contributed by atoms with Crippen molar-refractivity contribution in [1.29, 1.82) is 0 Å². The number of rotatable bonds is 9. The highest BCUT2D eigenvalue weighted by Crippen LogP contribution is 2.29. The van der Waals surface area contributed by atoms with Gasteiger partial charge in [-0.2, -0.15) is 0 Å². The summed E-state index contributed by atoms with van der Waals surface area (Å²) in [5.74, 6) is -1.65. The molecule has 0 radical (unpaired) electrons. The monoisotopic (exact) mass is 512 g/mol. The van der Waals surface area contributed by atoms with Gasteiger partial charge in [0.05, 0.1) is 19.3 Å². The fourth-order valence-corrected chi connectivity index (χ4v) is 5.66. The van der Waals surface area contributed by atoms with Crippen LogP contribution >= 0.6 is 0 Å². The van der Waals surface area contributed by atoms with Crippen LogP contribution in [0.15, 0.2) is 24.3 Å². The molecule has 3 aliphatic rings. The zero-order valence-electron chi connectivity index (χ0n) is 21.9. The first-order valence-corrected chi connectivity index (χ1v) is 13.8. The third-order valence-corrected chi connectivity index (χ3v) is 7.86. The van der Waals surface area contributed by atoms with E-state index in [-0.39, 0.29) is 18.0 Å². The lowest BCUT2D eigenvalue weighted by Crippen LogP contribution is -2.64. The molecule has 1 unspecified atom stereocenters. The molecule has 1 heterocycles. The number of ether oxygens (including phenoxy) is 1. The SMILES string of the molecule is CCCCC(NC(=O)C1(NC(=O)N2CCOCC2)CCCCC1)C(=O)C(=O)NC1Cc2ccccc2C1. The lowest BCUT2D eigenvalue weighted by atomic mass is 9.80. The van der Waals surface area contributed by atoms with Crippen LogP contribution in [0, 0.1) is 0 Å². The van der Waals surface area contributed by atoms with Crippen LogP contribution in [0.4, 0.5) is 4.79 Å². The molecule has 202 valence electrons. The third-order valence-electron chi connectivity index (χ3n) is 7.86. The van der Waals surface area contributed by atoms with Crippen LogP contribution in [0.2, 0.25) is 0 Å². The molecule has 1 aliphatic heterocycles. The van der Waals surface area contributed by atoms with E-state index in [0.29, 0.717) is 64.8 Å². The Labute approximate surface area is 219 Å². The maximum absolute atomic E-state index is 13.7. The van der Waals surface area contributed by atoms with Crippen LogP contribution in [-0.2, 0) is 32.0 Å². The van der Waals surface area contributed by atoms with Gasteiger partial charge < -0.3 is 25.6 Å². The number of nitrogens with zero attached hydrogens (tertiary/aromatic N) is 1. The molecule has 2 aliphatic carbocycles. The number of hydrogen-bond acceptors (Lipinski definition) is 5. The van der Waals surface area contributed by atoms with Gasteiger partial charge in [0.2, 0.25) is 11.7 Å². The van der Waals surface area contributed by atoms with Gasteiger partial charge in [0.15, 0.2) is 0 Å². The summed E-state index contributed by atoms with van der Waals surface area (Å²) in [6.45, 7) is 3.91. The number of ketones is 1. The first-order chi connectivity index (χ1) is 17.9. The van der Waals surface area contributed by atoms with Gasteiger partial charge in [0, 0.05) is 19.1 Å². The number of urea groups is 1. The fourth-order valence-electron chi connectivity index (χ4n) is 5.66. The number of hydrogen-bond donors (Lipinski definition) is 3. The maximum Gasteiger partial charge on any atom is 0.318 e. The second-order valence-electron chi connectivity index (χ2n) is 10.6. The lowest BCUT2D eigenvalue weighted by molar-refractivity contribution is -0.141. The summed E-state index contributed by atoms with van der Waals surface area (Å²) in [4.78, 5) is 54.6. The van der Waals surface area contributed by atoms with Gasteiger partial charge in [0.25, 0.3) is 5.91 Å². The van der Waals surface area contributed by atoms with Crippen LogP contribution in [0.25, 0.3) is 0 Å². The molecular formula is C28H40N4O5. The van der Waals surface area contributed by atoms with Gasteiger partial charge in [-0.05, 0) is 43.2 Å². The average Bonchev–Trinajstić information content (AvgIpc) is 3.33. The molecule has 1 saturated carbocycles. The molecule has 1 atom stereocenters. The van der Waals surface area contributed by atoms with E-state index in [1.807, 2.05) is 31.2 Å². The van der Waals surface area contributed by atoms with E-state index in [0.717, 1.165) is 25.7 Å². The Morgan fingerprint density at radius 3 is 2.30 bits per heavy atom. The summed E-state index contributed by atoms with van der Waals surface area (Å²) in [5.41, 5.74) is 1.29. The molecule has 1 saturated heterocycles. The molecule has 4 rings (SSSR count). The van der Waals surface area contributed by atoms with Crippen LogP contribution in [0.3, 0.4) is 0 Å². The average molecular weight is 513 g/mol. The second kappa shape index (κ2) is 12.5. The maximum atomic E-state index is 13.7. The Balaban J connectivity index is 1.42. The van der Waals surface area contributed by atoms with Crippen LogP contribution in [-0.4, -0.2) is 72.5 Å². The van der Waals surface area contributed by atoms with Crippen molar-refractivity contribution in [3.05, 3.63) is 35.4 Å².